The Morgan fingerprint density at radius 2 is 1.86 bits per heavy atom. The van der Waals surface area contributed by atoms with Gasteiger partial charge in [-0.3, -0.25) is 4.79 Å². The maximum absolute atomic E-state index is 12.6. The average molecular weight is 378 g/mol. The maximum Gasteiger partial charge on any atom is 0.246 e. The van der Waals surface area contributed by atoms with E-state index in [1.54, 1.807) is 13.2 Å². The second-order valence-corrected chi connectivity index (χ2v) is 7.27. The van der Waals surface area contributed by atoms with Crippen LogP contribution in [-0.2, 0) is 17.6 Å². The predicted molar refractivity (Wildman–Crippen MR) is 109 cm³/mol. The molecule has 1 aliphatic carbocycles. The highest BCUT2D eigenvalue weighted by atomic mass is 16.5. The molecule has 0 saturated carbocycles. The maximum atomic E-state index is 12.6. The van der Waals surface area contributed by atoms with Crippen molar-refractivity contribution in [2.45, 2.75) is 25.7 Å². The number of benzene rings is 1. The number of hydrogen-bond acceptors (Lipinski definition) is 5. The summed E-state index contributed by atoms with van der Waals surface area (Å²) in [5.74, 6) is 1.74. The van der Waals surface area contributed by atoms with E-state index in [4.69, 9.17) is 4.74 Å². The van der Waals surface area contributed by atoms with Crippen molar-refractivity contribution in [1.29, 1.82) is 0 Å². The summed E-state index contributed by atoms with van der Waals surface area (Å²) in [5.41, 5.74) is 3.40. The first-order chi connectivity index (χ1) is 13.7. The van der Waals surface area contributed by atoms with E-state index in [2.05, 4.69) is 21.2 Å². The van der Waals surface area contributed by atoms with E-state index in [0.717, 1.165) is 48.8 Å². The molecule has 1 fully saturated rings. The van der Waals surface area contributed by atoms with Gasteiger partial charge >= 0.3 is 0 Å². The van der Waals surface area contributed by atoms with Crippen molar-refractivity contribution >= 4 is 17.8 Å². The highest BCUT2D eigenvalue weighted by Crippen LogP contribution is 2.23. The largest absolute Gasteiger partial charge is 0.496 e. The molecule has 28 heavy (non-hydrogen) atoms. The summed E-state index contributed by atoms with van der Waals surface area (Å²) >= 11 is 0. The molecule has 2 aliphatic rings. The molecule has 1 aromatic carbocycles. The first kappa shape index (κ1) is 18.5. The Labute approximate surface area is 165 Å². The van der Waals surface area contributed by atoms with Gasteiger partial charge in [-0.2, -0.15) is 5.10 Å². The normalized spacial score (nSPS) is 16.9. The van der Waals surface area contributed by atoms with Crippen molar-refractivity contribution in [2.75, 3.05) is 38.2 Å². The summed E-state index contributed by atoms with van der Waals surface area (Å²) < 4.78 is 5.33. The molecule has 6 nitrogen and oxygen atoms in total. The second kappa shape index (κ2) is 8.42. The molecule has 2 heterocycles. The van der Waals surface area contributed by atoms with Crippen LogP contribution in [0.5, 0.6) is 5.75 Å². The van der Waals surface area contributed by atoms with E-state index in [9.17, 15) is 4.79 Å². The average Bonchev–Trinajstić information content (AvgIpc) is 2.77. The lowest BCUT2D eigenvalue weighted by molar-refractivity contribution is -0.126. The summed E-state index contributed by atoms with van der Waals surface area (Å²) in [6.07, 6.45) is 8.05. The lowest BCUT2D eigenvalue weighted by Crippen LogP contribution is -2.48. The van der Waals surface area contributed by atoms with Crippen LogP contribution in [0.2, 0.25) is 0 Å². The number of rotatable bonds is 4. The van der Waals surface area contributed by atoms with Crippen LogP contribution in [0.1, 0.15) is 29.7 Å². The Hall–Kier alpha value is -2.89. The lowest BCUT2D eigenvalue weighted by atomic mass is 9.97. The number of methoxy groups -OCH3 is 1. The number of amides is 1. The third kappa shape index (κ3) is 4.01. The van der Waals surface area contributed by atoms with E-state index in [0.29, 0.717) is 13.1 Å². The van der Waals surface area contributed by atoms with Gasteiger partial charge < -0.3 is 14.5 Å². The van der Waals surface area contributed by atoms with E-state index in [-0.39, 0.29) is 5.91 Å². The van der Waals surface area contributed by atoms with Crippen LogP contribution < -0.4 is 9.64 Å². The molecule has 1 saturated heterocycles. The minimum atomic E-state index is 0.0297. The molecule has 146 valence electrons. The summed E-state index contributed by atoms with van der Waals surface area (Å²) in [5, 5.41) is 8.86. The zero-order valence-electron chi connectivity index (χ0n) is 16.3. The molecule has 0 bridgehead atoms. The molecular weight excluding hydrogens is 352 g/mol. The van der Waals surface area contributed by atoms with Crippen LogP contribution in [0.15, 0.2) is 36.4 Å². The molecule has 0 atom stereocenters. The number of anilines is 1. The highest BCUT2D eigenvalue weighted by molar-refractivity contribution is 5.92. The van der Waals surface area contributed by atoms with Gasteiger partial charge in [0, 0.05) is 37.8 Å². The van der Waals surface area contributed by atoms with Crippen LogP contribution >= 0.6 is 0 Å². The molecule has 0 radical (unpaired) electrons. The van der Waals surface area contributed by atoms with Gasteiger partial charge in [0.15, 0.2) is 5.82 Å². The SMILES string of the molecule is COc1ccccc1/C=C/C(=O)N1CCN(c2cc3c(nn2)CCCC3)CC1. The molecule has 0 N–H and O–H groups in total. The van der Waals surface area contributed by atoms with E-state index < -0.39 is 0 Å². The number of carbonyl (C=O) groups excluding carboxylic acids is 1. The molecule has 4 rings (SSSR count). The summed E-state index contributed by atoms with van der Waals surface area (Å²) in [7, 11) is 1.64. The molecule has 1 aromatic heterocycles. The van der Waals surface area contributed by atoms with Crippen molar-refractivity contribution in [3.63, 3.8) is 0 Å². The van der Waals surface area contributed by atoms with Gasteiger partial charge in [0.25, 0.3) is 0 Å². The minimum absolute atomic E-state index is 0.0297. The summed E-state index contributed by atoms with van der Waals surface area (Å²) in [6.45, 7) is 2.94. The van der Waals surface area contributed by atoms with E-state index in [1.807, 2.05) is 35.2 Å². The number of fused-ring (bicyclic) bond motifs is 1. The number of nitrogens with zero attached hydrogens (tertiary/aromatic N) is 4. The Balaban J connectivity index is 1.36. The second-order valence-electron chi connectivity index (χ2n) is 7.27. The van der Waals surface area contributed by atoms with E-state index in [1.165, 1.54) is 18.4 Å². The van der Waals surface area contributed by atoms with Crippen molar-refractivity contribution in [2.24, 2.45) is 0 Å². The van der Waals surface area contributed by atoms with Gasteiger partial charge in [-0.05, 0) is 49.5 Å². The van der Waals surface area contributed by atoms with Gasteiger partial charge in [0.05, 0.1) is 12.8 Å². The zero-order valence-corrected chi connectivity index (χ0v) is 16.3. The number of aryl methyl sites for hydroxylation is 2. The molecular formula is C22H26N4O2. The first-order valence-electron chi connectivity index (χ1n) is 9.95. The first-order valence-corrected chi connectivity index (χ1v) is 9.95. The molecule has 0 unspecified atom stereocenters. The number of hydrogen-bond donors (Lipinski definition) is 0. The number of ether oxygens (including phenoxy) is 1. The topological polar surface area (TPSA) is 58.6 Å². The lowest BCUT2D eigenvalue weighted by Gasteiger charge is -2.35. The van der Waals surface area contributed by atoms with Crippen LogP contribution in [0.3, 0.4) is 0 Å². The van der Waals surface area contributed by atoms with Gasteiger partial charge in [-0.1, -0.05) is 18.2 Å². The van der Waals surface area contributed by atoms with Crippen molar-refractivity contribution < 1.29 is 9.53 Å². The van der Waals surface area contributed by atoms with Gasteiger partial charge in [0.1, 0.15) is 5.75 Å². The Morgan fingerprint density at radius 3 is 2.68 bits per heavy atom. The van der Waals surface area contributed by atoms with Gasteiger partial charge in [-0.25, -0.2) is 0 Å². The van der Waals surface area contributed by atoms with Gasteiger partial charge in [-0.15, -0.1) is 5.10 Å². The monoisotopic (exact) mass is 378 g/mol. The third-order valence-corrected chi connectivity index (χ3v) is 5.52. The Morgan fingerprint density at radius 1 is 1.07 bits per heavy atom. The Kier molecular flexibility index (Phi) is 5.55. The summed E-state index contributed by atoms with van der Waals surface area (Å²) in [4.78, 5) is 16.7. The number of carbonyl (C=O) groups is 1. The van der Waals surface area contributed by atoms with Crippen LogP contribution in [0.4, 0.5) is 5.82 Å². The highest BCUT2D eigenvalue weighted by Gasteiger charge is 2.22. The van der Waals surface area contributed by atoms with Crippen LogP contribution in [0.25, 0.3) is 6.08 Å². The third-order valence-electron chi connectivity index (χ3n) is 5.52. The van der Waals surface area contributed by atoms with Crippen molar-refractivity contribution in [3.8, 4) is 5.75 Å². The quantitative estimate of drug-likeness (QED) is 0.766. The molecule has 1 aliphatic heterocycles. The number of aromatic nitrogens is 2. The van der Waals surface area contributed by atoms with Gasteiger partial charge in [0.2, 0.25) is 5.91 Å². The Bertz CT molecular complexity index is 873. The minimum Gasteiger partial charge on any atom is -0.496 e. The molecule has 6 heteroatoms. The fourth-order valence-corrected chi connectivity index (χ4v) is 3.86. The zero-order chi connectivity index (χ0) is 19.3. The molecule has 0 spiro atoms. The van der Waals surface area contributed by atoms with Crippen molar-refractivity contribution in [1.82, 2.24) is 15.1 Å². The molecule has 1 amide bonds. The van der Waals surface area contributed by atoms with E-state index >= 15 is 0 Å². The predicted octanol–water partition coefficient (Wildman–Crippen LogP) is 2.73. The van der Waals surface area contributed by atoms with Crippen molar-refractivity contribution in [3.05, 3.63) is 53.2 Å². The van der Waals surface area contributed by atoms with Crippen LogP contribution in [0, 0.1) is 0 Å². The van der Waals surface area contributed by atoms with Crippen LogP contribution in [-0.4, -0.2) is 54.3 Å². The smallest absolute Gasteiger partial charge is 0.246 e. The standard InChI is InChI=1S/C22H26N4O2/c1-28-20-9-5-3-6-17(20)10-11-22(27)26-14-12-25(13-15-26)21-16-18-7-2-4-8-19(18)23-24-21/h3,5-6,9-11,16H,2,4,7-8,12-15H2,1H3/b11-10+. The summed E-state index contributed by atoms with van der Waals surface area (Å²) in [6, 6.07) is 9.88. The molecule has 2 aromatic rings. The number of para-hydroxylation sites is 1. The fourth-order valence-electron chi connectivity index (χ4n) is 3.86. The number of piperazine rings is 1. The fraction of sp³-hybridized carbons (Fsp3) is 0.409.